The first-order valence-electron chi connectivity index (χ1n) is 5.02. The molecule has 0 aliphatic rings. The Morgan fingerprint density at radius 2 is 2.18 bits per heavy atom. The maximum absolute atomic E-state index is 13.3. The first-order chi connectivity index (χ1) is 8.06. The second kappa shape index (κ2) is 4.45. The van der Waals surface area contributed by atoms with Crippen LogP contribution in [0.3, 0.4) is 0 Å². The highest BCUT2D eigenvalue weighted by molar-refractivity contribution is 5.97. The molecule has 0 N–H and O–H groups in total. The van der Waals surface area contributed by atoms with Gasteiger partial charge in [0, 0.05) is 25.7 Å². The van der Waals surface area contributed by atoms with E-state index < -0.39 is 11.6 Å². The highest BCUT2D eigenvalue weighted by Gasteiger charge is 2.12. The second-order valence-corrected chi connectivity index (χ2v) is 3.74. The first-order valence-corrected chi connectivity index (χ1v) is 5.02. The molecule has 0 saturated heterocycles. The molecule has 1 aromatic carbocycles. The third-order valence-electron chi connectivity index (χ3n) is 2.39. The zero-order chi connectivity index (χ0) is 12.4. The molecule has 5 heteroatoms. The Hall–Kier alpha value is -2.04. The van der Waals surface area contributed by atoms with Crippen molar-refractivity contribution in [2.45, 2.75) is 6.42 Å². The fourth-order valence-corrected chi connectivity index (χ4v) is 1.51. The summed E-state index contributed by atoms with van der Waals surface area (Å²) in [5.41, 5.74) is 0.594. The molecule has 0 spiro atoms. The minimum atomic E-state index is -0.706. The van der Waals surface area contributed by atoms with Crippen molar-refractivity contribution in [3.8, 4) is 0 Å². The molecule has 3 nitrogen and oxygen atoms in total. The molecule has 2 rings (SSSR count). The molecule has 0 aliphatic heterocycles. The maximum atomic E-state index is 13.3. The number of hydrogen-bond donors (Lipinski definition) is 0. The number of carbonyl (C=O) groups is 1. The van der Waals surface area contributed by atoms with E-state index in [0.29, 0.717) is 5.56 Å². The van der Waals surface area contributed by atoms with Gasteiger partial charge in [0.05, 0.1) is 11.8 Å². The lowest BCUT2D eigenvalue weighted by molar-refractivity contribution is 0.0991. The molecule has 0 fully saturated rings. The van der Waals surface area contributed by atoms with Gasteiger partial charge in [0.15, 0.2) is 5.78 Å². The number of nitrogens with zero attached hydrogens (tertiary/aromatic N) is 2. The number of carbonyl (C=O) groups excluding carboxylic acids is 1. The van der Waals surface area contributed by atoms with Crippen molar-refractivity contribution in [1.82, 2.24) is 9.78 Å². The zero-order valence-corrected chi connectivity index (χ0v) is 9.15. The number of Topliss-reactive ketones (excluding diaryl/α,β-unsaturated/α-hetero) is 1. The number of benzene rings is 1. The van der Waals surface area contributed by atoms with E-state index in [1.54, 1.807) is 13.2 Å². The third-order valence-corrected chi connectivity index (χ3v) is 2.39. The lowest BCUT2D eigenvalue weighted by Crippen LogP contribution is -2.04. The smallest absolute Gasteiger partial charge is 0.170 e. The van der Waals surface area contributed by atoms with Crippen molar-refractivity contribution in [3.05, 3.63) is 53.4 Å². The molecule has 88 valence electrons. The van der Waals surface area contributed by atoms with Crippen LogP contribution in [0.25, 0.3) is 0 Å². The summed E-state index contributed by atoms with van der Waals surface area (Å²) in [7, 11) is 1.69. The molecule has 1 heterocycles. The Bertz CT molecular complexity index is 563. The summed E-state index contributed by atoms with van der Waals surface area (Å²) in [6.45, 7) is 0. The average molecular weight is 236 g/mol. The topological polar surface area (TPSA) is 34.9 Å². The SMILES string of the molecule is Cn1cc(C(=O)Cc2ccc(F)cc2F)cn1. The van der Waals surface area contributed by atoms with E-state index >= 15 is 0 Å². The molecule has 0 bridgehead atoms. The zero-order valence-electron chi connectivity index (χ0n) is 9.15. The molecule has 0 radical (unpaired) electrons. The van der Waals surface area contributed by atoms with Gasteiger partial charge in [-0.2, -0.15) is 5.10 Å². The normalized spacial score (nSPS) is 10.5. The number of hydrogen-bond acceptors (Lipinski definition) is 2. The molecule has 17 heavy (non-hydrogen) atoms. The summed E-state index contributed by atoms with van der Waals surface area (Å²) in [5.74, 6) is -1.61. The third kappa shape index (κ3) is 2.55. The van der Waals surface area contributed by atoms with Gasteiger partial charge in [0.25, 0.3) is 0 Å². The Morgan fingerprint density at radius 3 is 2.76 bits per heavy atom. The second-order valence-electron chi connectivity index (χ2n) is 3.74. The van der Waals surface area contributed by atoms with Gasteiger partial charge < -0.3 is 0 Å². The van der Waals surface area contributed by atoms with Crippen LogP contribution in [0.15, 0.2) is 30.6 Å². The van der Waals surface area contributed by atoms with Gasteiger partial charge in [0.1, 0.15) is 11.6 Å². The van der Waals surface area contributed by atoms with E-state index in [-0.39, 0.29) is 17.8 Å². The van der Waals surface area contributed by atoms with Gasteiger partial charge in [-0.05, 0) is 11.6 Å². The van der Waals surface area contributed by atoms with Crippen LogP contribution in [0, 0.1) is 11.6 Å². The van der Waals surface area contributed by atoms with E-state index in [1.807, 2.05) is 0 Å². The van der Waals surface area contributed by atoms with Gasteiger partial charge in [0.2, 0.25) is 0 Å². The Morgan fingerprint density at radius 1 is 1.41 bits per heavy atom. The van der Waals surface area contributed by atoms with Gasteiger partial charge in [-0.3, -0.25) is 9.48 Å². The predicted octanol–water partition coefficient (Wildman–Crippen LogP) is 2.12. The average Bonchev–Trinajstić information content (AvgIpc) is 2.69. The van der Waals surface area contributed by atoms with Crippen LogP contribution < -0.4 is 0 Å². The van der Waals surface area contributed by atoms with Crippen LogP contribution in [0.5, 0.6) is 0 Å². The van der Waals surface area contributed by atoms with E-state index in [2.05, 4.69) is 5.10 Å². The molecular weight excluding hydrogens is 226 g/mol. The molecule has 2 aromatic rings. The largest absolute Gasteiger partial charge is 0.294 e. The van der Waals surface area contributed by atoms with Crippen molar-refractivity contribution in [2.24, 2.45) is 7.05 Å². The lowest BCUT2D eigenvalue weighted by atomic mass is 10.1. The van der Waals surface area contributed by atoms with Gasteiger partial charge >= 0.3 is 0 Å². The lowest BCUT2D eigenvalue weighted by Gasteiger charge is -2.01. The van der Waals surface area contributed by atoms with Crippen molar-refractivity contribution >= 4 is 5.78 Å². The molecule has 0 saturated carbocycles. The van der Waals surface area contributed by atoms with E-state index in [4.69, 9.17) is 0 Å². The molecule has 0 atom stereocenters. The van der Waals surface area contributed by atoms with Crippen molar-refractivity contribution in [2.75, 3.05) is 0 Å². The predicted molar refractivity (Wildman–Crippen MR) is 57.6 cm³/mol. The van der Waals surface area contributed by atoms with E-state index in [1.165, 1.54) is 16.9 Å². The monoisotopic (exact) mass is 236 g/mol. The minimum absolute atomic E-state index is 0.0994. The van der Waals surface area contributed by atoms with Crippen LogP contribution in [0.4, 0.5) is 8.78 Å². The van der Waals surface area contributed by atoms with Gasteiger partial charge in [-0.25, -0.2) is 8.78 Å². The summed E-state index contributed by atoms with van der Waals surface area (Å²) in [6.07, 6.45) is 2.88. The highest BCUT2D eigenvalue weighted by Crippen LogP contribution is 2.12. The Kier molecular flexibility index (Phi) is 2.99. The summed E-state index contributed by atoms with van der Waals surface area (Å²) in [6, 6.07) is 3.18. The van der Waals surface area contributed by atoms with E-state index in [0.717, 1.165) is 12.1 Å². The van der Waals surface area contributed by atoms with Crippen molar-refractivity contribution in [1.29, 1.82) is 0 Å². The number of rotatable bonds is 3. The number of aromatic nitrogens is 2. The summed E-state index contributed by atoms with van der Waals surface area (Å²) >= 11 is 0. The standard InChI is InChI=1S/C12H10F2N2O/c1-16-7-9(6-15-16)12(17)4-8-2-3-10(13)5-11(8)14/h2-3,5-7H,4H2,1H3. The van der Waals surface area contributed by atoms with Crippen molar-refractivity contribution < 1.29 is 13.6 Å². The van der Waals surface area contributed by atoms with Crippen LogP contribution in [-0.4, -0.2) is 15.6 Å². The van der Waals surface area contributed by atoms with Crippen LogP contribution in [0.1, 0.15) is 15.9 Å². The molecule has 0 amide bonds. The van der Waals surface area contributed by atoms with Crippen LogP contribution in [-0.2, 0) is 13.5 Å². The maximum Gasteiger partial charge on any atom is 0.170 e. The first kappa shape index (κ1) is 11.4. The Balaban J connectivity index is 2.18. The molecular formula is C12H10F2N2O. The van der Waals surface area contributed by atoms with Crippen LogP contribution >= 0.6 is 0 Å². The number of ketones is 1. The minimum Gasteiger partial charge on any atom is -0.294 e. The Labute approximate surface area is 96.7 Å². The molecule has 1 aromatic heterocycles. The van der Waals surface area contributed by atoms with Gasteiger partial charge in [-0.15, -0.1) is 0 Å². The van der Waals surface area contributed by atoms with E-state index in [9.17, 15) is 13.6 Å². The molecule has 0 aliphatic carbocycles. The number of halogens is 2. The summed E-state index contributed by atoms with van der Waals surface area (Å²) in [4.78, 5) is 11.8. The number of aryl methyl sites for hydroxylation is 1. The summed E-state index contributed by atoms with van der Waals surface area (Å²) < 4.78 is 27.5. The molecule has 0 unspecified atom stereocenters. The fourth-order valence-electron chi connectivity index (χ4n) is 1.51. The summed E-state index contributed by atoms with van der Waals surface area (Å²) in [5, 5.41) is 3.86. The van der Waals surface area contributed by atoms with Gasteiger partial charge in [-0.1, -0.05) is 6.07 Å². The van der Waals surface area contributed by atoms with Crippen molar-refractivity contribution in [3.63, 3.8) is 0 Å². The fraction of sp³-hybridized carbons (Fsp3) is 0.167. The quantitative estimate of drug-likeness (QED) is 0.765. The highest BCUT2D eigenvalue weighted by atomic mass is 19.1. The van der Waals surface area contributed by atoms with Crippen LogP contribution in [0.2, 0.25) is 0 Å².